The van der Waals surface area contributed by atoms with Crippen molar-refractivity contribution in [1.29, 1.82) is 0 Å². The highest BCUT2D eigenvalue weighted by molar-refractivity contribution is 5.79. The molecule has 2 aliphatic heterocycles. The molecule has 0 saturated heterocycles. The molecule has 0 saturated carbocycles. The number of phenolic OH excluding ortho intramolecular Hbond substituents is 1. The Bertz CT molecular complexity index is 1090. The van der Waals surface area contributed by atoms with Gasteiger partial charge in [-0.3, -0.25) is 4.68 Å². The topological polar surface area (TPSA) is 59.3 Å². The Kier molecular flexibility index (Phi) is 3.92. The lowest BCUT2D eigenvalue weighted by molar-refractivity contribution is 0.0901. The second kappa shape index (κ2) is 6.28. The molecule has 0 aliphatic carbocycles. The summed E-state index contributed by atoms with van der Waals surface area (Å²) >= 11 is 0. The van der Waals surface area contributed by atoms with Gasteiger partial charge in [-0.25, -0.2) is 0 Å². The van der Waals surface area contributed by atoms with Gasteiger partial charge < -0.3 is 15.2 Å². The zero-order valence-electron chi connectivity index (χ0n) is 17.5. The second-order valence-electron chi connectivity index (χ2n) is 8.68. The van der Waals surface area contributed by atoms with Gasteiger partial charge in [0.1, 0.15) is 17.1 Å². The first-order chi connectivity index (χ1) is 13.9. The first-order valence-electron chi connectivity index (χ1n) is 10.3. The van der Waals surface area contributed by atoms with Crippen molar-refractivity contribution in [2.24, 2.45) is 0 Å². The Morgan fingerprint density at radius 2 is 2.00 bits per heavy atom. The van der Waals surface area contributed by atoms with Crippen LogP contribution >= 0.6 is 0 Å². The molecule has 0 amide bonds. The summed E-state index contributed by atoms with van der Waals surface area (Å²) in [5.74, 6) is 1.32. The van der Waals surface area contributed by atoms with Gasteiger partial charge in [0.25, 0.3) is 0 Å². The molecule has 0 radical (unpaired) electrons. The molecule has 3 heterocycles. The molecule has 5 heteroatoms. The smallest absolute Gasteiger partial charge is 0.130 e. The number of benzene rings is 2. The molecule has 2 aliphatic rings. The summed E-state index contributed by atoms with van der Waals surface area (Å²) < 4.78 is 8.43. The third-order valence-electron chi connectivity index (χ3n) is 6.50. The maximum absolute atomic E-state index is 10.4. The summed E-state index contributed by atoms with van der Waals surface area (Å²) in [6.45, 7) is 9.72. The van der Waals surface area contributed by atoms with E-state index in [1.54, 1.807) is 0 Å². The second-order valence-corrected chi connectivity index (χ2v) is 8.68. The highest BCUT2D eigenvalue weighted by Gasteiger charge is 2.39. The van der Waals surface area contributed by atoms with Crippen molar-refractivity contribution in [1.82, 2.24) is 9.78 Å². The fourth-order valence-electron chi connectivity index (χ4n) is 4.75. The summed E-state index contributed by atoms with van der Waals surface area (Å²) in [5, 5.41) is 18.8. The molecule has 150 valence electrons. The number of fused-ring (bicyclic) bond motifs is 2. The van der Waals surface area contributed by atoms with Crippen LogP contribution in [0.4, 0.5) is 5.69 Å². The number of hydrogen-bond donors (Lipinski definition) is 2. The van der Waals surface area contributed by atoms with Crippen molar-refractivity contribution in [3.8, 4) is 22.8 Å². The van der Waals surface area contributed by atoms with E-state index in [1.165, 1.54) is 11.3 Å². The van der Waals surface area contributed by atoms with E-state index < -0.39 is 5.60 Å². The molecule has 5 rings (SSSR count). The lowest BCUT2D eigenvalue weighted by Crippen LogP contribution is -2.36. The van der Waals surface area contributed by atoms with Gasteiger partial charge in [-0.2, -0.15) is 5.10 Å². The van der Waals surface area contributed by atoms with Gasteiger partial charge in [-0.05, 0) is 62.4 Å². The van der Waals surface area contributed by atoms with Gasteiger partial charge in [-0.1, -0.05) is 18.2 Å². The minimum Gasteiger partial charge on any atom is -0.507 e. The quantitative estimate of drug-likeness (QED) is 0.690. The fraction of sp³-hybridized carbons (Fsp3) is 0.375. The number of anilines is 1. The van der Waals surface area contributed by atoms with Crippen LogP contribution in [0.3, 0.4) is 0 Å². The van der Waals surface area contributed by atoms with E-state index in [2.05, 4.69) is 36.5 Å². The Morgan fingerprint density at radius 3 is 2.83 bits per heavy atom. The summed E-state index contributed by atoms with van der Waals surface area (Å²) in [4.78, 5) is 0. The third-order valence-corrected chi connectivity index (χ3v) is 6.50. The van der Waals surface area contributed by atoms with E-state index >= 15 is 0 Å². The Labute approximate surface area is 171 Å². The molecule has 5 nitrogen and oxygen atoms in total. The van der Waals surface area contributed by atoms with Crippen molar-refractivity contribution in [2.45, 2.75) is 52.7 Å². The first-order valence-corrected chi connectivity index (χ1v) is 10.3. The maximum Gasteiger partial charge on any atom is 0.130 e. The zero-order valence-corrected chi connectivity index (χ0v) is 17.5. The summed E-state index contributed by atoms with van der Waals surface area (Å²) in [6.07, 6.45) is 3.86. The fourth-order valence-corrected chi connectivity index (χ4v) is 4.75. The van der Waals surface area contributed by atoms with Crippen LogP contribution in [0.15, 0.2) is 30.5 Å². The molecule has 0 unspecified atom stereocenters. The lowest BCUT2D eigenvalue weighted by atomic mass is 9.92. The first kappa shape index (κ1) is 18.1. The van der Waals surface area contributed by atoms with Gasteiger partial charge in [0.2, 0.25) is 0 Å². The molecule has 0 fully saturated rings. The normalized spacial score (nSPS) is 19.6. The number of phenols is 1. The van der Waals surface area contributed by atoms with Crippen molar-refractivity contribution in [2.75, 3.05) is 11.9 Å². The van der Waals surface area contributed by atoms with Crippen LogP contribution in [0.5, 0.6) is 11.5 Å². The number of rotatable bonds is 3. The van der Waals surface area contributed by atoms with E-state index in [1.807, 2.05) is 31.6 Å². The number of ether oxygens (including phenoxy) is 1. The number of para-hydroxylation sites is 1. The van der Waals surface area contributed by atoms with Crippen molar-refractivity contribution >= 4 is 5.69 Å². The Hall–Kier alpha value is -2.95. The number of aromatic nitrogens is 2. The molecule has 2 N–H and O–H groups in total. The molecule has 1 atom stereocenters. The van der Waals surface area contributed by atoms with Crippen LogP contribution in [-0.4, -0.2) is 27.0 Å². The molecule has 29 heavy (non-hydrogen) atoms. The van der Waals surface area contributed by atoms with Crippen molar-refractivity contribution in [3.63, 3.8) is 0 Å². The average molecular weight is 389 g/mol. The van der Waals surface area contributed by atoms with Crippen LogP contribution in [0.2, 0.25) is 0 Å². The van der Waals surface area contributed by atoms with E-state index in [-0.39, 0.29) is 0 Å². The molecular formula is C24H27N3O2. The van der Waals surface area contributed by atoms with E-state index in [9.17, 15) is 5.11 Å². The number of hydrogen-bond acceptors (Lipinski definition) is 4. The van der Waals surface area contributed by atoms with Crippen LogP contribution in [0, 0.1) is 20.8 Å². The highest BCUT2D eigenvalue weighted by atomic mass is 16.5. The third kappa shape index (κ3) is 2.79. The van der Waals surface area contributed by atoms with Gasteiger partial charge in [0, 0.05) is 36.0 Å². The van der Waals surface area contributed by atoms with E-state index in [0.717, 1.165) is 58.6 Å². The predicted octanol–water partition coefficient (Wildman–Crippen LogP) is 4.54. The molecule has 2 aromatic carbocycles. The zero-order chi connectivity index (χ0) is 20.3. The summed E-state index contributed by atoms with van der Waals surface area (Å²) in [6, 6.07) is 8.50. The Balaban J connectivity index is 1.43. The number of nitrogens with zero attached hydrogens (tertiary/aromatic N) is 2. The number of aromatic hydroxyl groups is 1. The van der Waals surface area contributed by atoms with Crippen molar-refractivity contribution < 1.29 is 9.84 Å². The van der Waals surface area contributed by atoms with Gasteiger partial charge >= 0.3 is 0 Å². The largest absolute Gasteiger partial charge is 0.507 e. The minimum absolute atomic E-state index is 0.390. The van der Waals surface area contributed by atoms with E-state index in [0.29, 0.717) is 12.3 Å². The molecule has 0 spiro atoms. The Morgan fingerprint density at radius 1 is 1.17 bits per heavy atom. The molecular weight excluding hydrogens is 362 g/mol. The number of nitrogens with one attached hydrogen (secondary N) is 1. The summed E-state index contributed by atoms with van der Waals surface area (Å²) in [5.41, 5.74) is 8.30. The van der Waals surface area contributed by atoms with Crippen LogP contribution in [0.25, 0.3) is 11.3 Å². The predicted molar refractivity (Wildman–Crippen MR) is 115 cm³/mol. The monoisotopic (exact) mass is 389 g/mol. The SMILES string of the molecule is Cc1c(C)c2c(c(C)c1O)C[C@@](C)(Cn1ccc(-c3cccc4c3NCC4)n1)O2. The van der Waals surface area contributed by atoms with Crippen LogP contribution in [0.1, 0.15) is 34.7 Å². The molecule has 1 aromatic heterocycles. The van der Waals surface area contributed by atoms with Crippen LogP contribution < -0.4 is 10.1 Å². The van der Waals surface area contributed by atoms with Gasteiger partial charge in [0.05, 0.1) is 12.2 Å². The van der Waals surface area contributed by atoms with Crippen molar-refractivity contribution in [3.05, 3.63) is 58.3 Å². The van der Waals surface area contributed by atoms with E-state index in [4.69, 9.17) is 9.84 Å². The van der Waals surface area contributed by atoms with Gasteiger partial charge in [-0.15, -0.1) is 0 Å². The highest BCUT2D eigenvalue weighted by Crippen LogP contribution is 2.45. The standard InChI is InChI=1S/C24H27N3O2/c1-14-15(2)23-19(16(3)22(14)28)12-24(4,29-23)13-27-11-9-20(26-27)18-7-5-6-17-8-10-25-21(17)18/h5-7,9,11,25,28H,8,10,12-13H2,1-4H3/t24-/m0/s1. The molecule has 0 bridgehead atoms. The van der Waals surface area contributed by atoms with Crippen LogP contribution in [-0.2, 0) is 19.4 Å². The molecule has 3 aromatic rings. The van der Waals surface area contributed by atoms with Gasteiger partial charge in [0.15, 0.2) is 0 Å². The lowest BCUT2D eigenvalue weighted by Gasteiger charge is -2.24. The minimum atomic E-state index is -0.391. The maximum atomic E-state index is 10.4. The average Bonchev–Trinajstić information content (AvgIpc) is 3.43. The summed E-state index contributed by atoms with van der Waals surface area (Å²) in [7, 11) is 0.